The molecule has 0 saturated carbocycles. The molecule has 0 aliphatic rings. The van der Waals surface area contributed by atoms with Gasteiger partial charge in [-0.15, -0.1) is 0 Å². The summed E-state index contributed by atoms with van der Waals surface area (Å²) in [5.41, 5.74) is 28.7. The molecule has 0 bridgehead atoms. The summed E-state index contributed by atoms with van der Waals surface area (Å²) < 4.78 is 0. The normalized spacial score (nSPS) is 14.2. The highest BCUT2D eigenvalue weighted by molar-refractivity contribution is 5.92. The van der Waals surface area contributed by atoms with Crippen LogP contribution in [0.4, 0.5) is 0 Å². The first-order valence-corrected chi connectivity index (χ1v) is 18.3. The second kappa shape index (κ2) is 27.5. The summed E-state index contributed by atoms with van der Waals surface area (Å²) in [6.45, 7) is 1.16. The SMILES string of the molecule is NCC(NC(=O)C(O)CNC(=O)CC(N)c1ccc(O)cc1)C(=O)NC(CCCC(N)C(O)CC(=O)NCC(=O)NCCCNCCCCN=C(N)N)C(=O)O. The zero-order valence-corrected chi connectivity index (χ0v) is 31.5. The van der Waals surface area contributed by atoms with E-state index in [2.05, 4.69) is 36.9 Å². The Hall–Kier alpha value is -5.13. The Morgan fingerprint density at radius 1 is 0.732 bits per heavy atom. The lowest BCUT2D eigenvalue weighted by Gasteiger charge is -2.23. The van der Waals surface area contributed by atoms with Gasteiger partial charge in [-0.05, 0) is 69.3 Å². The highest BCUT2D eigenvalue weighted by Gasteiger charge is 2.28. The van der Waals surface area contributed by atoms with E-state index in [1.165, 1.54) is 12.1 Å². The number of hydrogen-bond donors (Lipinski definition) is 15. The lowest BCUT2D eigenvalue weighted by atomic mass is 10.00. The minimum absolute atomic E-state index is 0.0291. The molecular weight excluding hydrogens is 736 g/mol. The maximum atomic E-state index is 12.8. The van der Waals surface area contributed by atoms with Gasteiger partial charge in [0.15, 0.2) is 5.96 Å². The van der Waals surface area contributed by atoms with Crippen molar-refractivity contribution in [3.05, 3.63) is 29.8 Å². The van der Waals surface area contributed by atoms with Gasteiger partial charge in [-0.1, -0.05) is 12.1 Å². The summed E-state index contributed by atoms with van der Waals surface area (Å²) in [5, 5.41) is 54.8. The van der Waals surface area contributed by atoms with Gasteiger partial charge in [0.25, 0.3) is 5.91 Å². The van der Waals surface area contributed by atoms with Gasteiger partial charge in [0.1, 0.15) is 23.9 Å². The maximum Gasteiger partial charge on any atom is 0.326 e. The van der Waals surface area contributed by atoms with Crippen LogP contribution in [-0.2, 0) is 28.8 Å². The molecule has 20 N–H and O–H groups in total. The second-order valence-electron chi connectivity index (χ2n) is 13.0. The van der Waals surface area contributed by atoms with Crippen LogP contribution in [0.1, 0.15) is 63.0 Å². The number of amides is 5. The van der Waals surface area contributed by atoms with Gasteiger partial charge in [0.2, 0.25) is 23.6 Å². The first kappa shape index (κ1) is 48.9. The van der Waals surface area contributed by atoms with Crippen LogP contribution < -0.4 is 60.6 Å². The molecule has 1 aromatic carbocycles. The van der Waals surface area contributed by atoms with Crippen molar-refractivity contribution in [3.8, 4) is 5.75 Å². The molecular formula is C34H60N12O10. The van der Waals surface area contributed by atoms with Gasteiger partial charge < -0.3 is 81.0 Å². The van der Waals surface area contributed by atoms with E-state index in [1.54, 1.807) is 12.1 Å². The number of phenols is 1. The monoisotopic (exact) mass is 796 g/mol. The number of rotatable bonds is 29. The van der Waals surface area contributed by atoms with Gasteiger partial charge in [-0.2, -0.15) is 0 Å². The molecule has 22 nitrogen and oxygen atoms in total. The van der Waals surface area contributed by atoms with Gasteiger partial charge in [-0.3, -0.25) is 29.0 Å². The molecule has 0 radical (unpaired) electrons. The van der Waals surface area contributed by atoms with E-state index in [1.807, 2.05) is 0 Å². The fourth-order valence-electron chi connectivity index (χ4n) is 4.98. The molecule has 6 unspecified atom stereocenters. The number of nitrogens with two attached hydrogens (primary N) is 5. The molecule has 0 saturated heterocycles. The van der Waals surface area contributed by atoms with Crippen LogP contribution in [0, 0.1) is 0 Å². The molecule has 1 rings (SSSR count). The number of carboxylic acid groups (broad SMARTS) is 1. The van der Waals surface area contributed by atoms with E-state index in [0.717, 1.165) is 19.4 Å². The Morgan fingerprint density at radius 3 is 2.02 bits per heavy atom. The number of aromatic hydroxyl groups is 1. The summed E-state index contributed by atoms with van der Waals surface area (Å²) in [5.74, 6) is -4.90. The van der Waals surface area contributed by atoms with Crippen molar-refractivity contribution in [3.63, 3.8) is 0 Å². The summed E-state index contributed by atoms with van der Waals surface area (Å²) >= 11 is 0. The summed E-state index contributed by atoms with van der Waals surface area (Å²) in [6.07, 6.45) is -1.20. The number of aliphatic carboxylic acids is 1. The van der Waals surface area contributed by atoms with Crippen LogP contribution in [0.25, 0.3) is 0 Å². The Kier molecular flexibility index (Phi) is 24.0. The number of guanidine groups is 1. The number of carbonyl (C=O) groups is 6. The third-order valence-corrected chi connectivity index (χ3v) is 8.28. The zero-order valence-electron chi connectivity index (χ0n) is 31.5. The number of phenolic OH excluding ortho intramolecular Hbond substituents is 1. The highest BCUT2D eigenvalue weighted by atomic mass is 16.4. The molecule has 0 heterocycles. The summed E-state index contributed by atoms with van der Waals surface area (Å²) in [7, 11) is 0. The van der Waals surface area contributed by atoms with E-state index < -0.39 is 91.4 Å². The Bertz CT molecular complexity index is 1410. The molecule has 0 spiro atoms. The number of nitrogens with zero attached hydrogens (tertiary/aromatic N) is 1. The molecule has 0 aliphatic carbocycles. The average molecular weight is 797 g/mol. The van der Waals surface area contributed by atoms with Crippen molar-refractivity contribution < 1.29 is 49.2 Å². The Labute approximate surface area is 325 Å². The number of hydrogen-bond acceptors (Lipinski definition) is 14. The van der Waals surface area contributed by atoms with Crippen molar-refractivity contribution in [2.24, 2.45) is 33.7 Å². The third-order valence-electron chi connectivity index (χ3n) is 8.28. The quantitative estimate of drug-likeness (QED) is 0.0205. The van der Waals surface area contributed by atoms with Crippen molar-refractivity contribution in [2.45, 2.75) is 87.7 Å². The Balaban J connectivity index is 2.36. The zero-order chi connectivity index (χ0) is 42.0. The van der Waals surface area contributed by atoms with Crippen LogP contribution in [0.2, 0.25) is 0 Å². The summed E-state index contributed by atoms with van der Waals surface area (Å²) in [6, 6.07) is 1.41. The maximum absolute atomic E-state index is 12.8. The van der Waals surface area contributed by atoms with Crippen LogP contribution in [0.15, 0.2) is 29.3 Å². The lowest BCUT2D eigenvalue weighted by molar-refractivity contribution is -0.142. The predicted octanol–water partition coefficient (Wildman–Crippen LogP) is -5.21. The number of aliphatic imine (C=N–C) groups is 1. The van der Waals surface area contributed by atoms with Gasteiger partial charge in [0, 0.05) is 38.1 Å². The number of aliphatic hydroxyl groups is 2. The lowest BCUT2D eigenvalue weighted by Crippen LogP contribution is -2.57. The van der Waals surface area contributed by atoms with E-state index in [-0.39, 0.29) is 43.9 Å². The molecule has 1 aromatic rings. The first-order valence-electron chi connectivity index (χ1n) is 18.3. The number of carboxylic acids is 1. The predicted molar refractivity (Wildman–Crippen MR) is 205 cm³/mol. The number of benzene rings is 1. The second-order valence-corrected chi connectivity index (χ2v) is 13.0. The molecule has 0 fully saturated rings. The van der Waals surface area contributed by atoms with Gasteiger partial charge >= 0.3 is 5.97 Å². The van der Waals surface area contributed by atoms with Crippen molar-refractivity contribution in [1.29, 1.82) is 0 Å². The van der Waals surface area contributed by atoms with Crippen molar-refractivity contribution >= 4 is 41.5 Å². The molecule has 5 amide bonds. The van der Waals surface area contributed by atoms with Gasteiger partial charge in [0.05, 0.1) is 25.6 Å². The van der Waals surface area contributed by atoms with E-state index in [4.69, 9.17) is 28.7 Å². The average Bonchev–Trinajstić information content (AvgIpc) is 3.15. The molecule has 0 aliphatic heterocycles. The van der Waals surface area contributed by atoms with Crippen LogP contribution >= 0.6 is 0 Å². The molecule has 0 aromatic heterocycles. The minimum Gasteiger partial charge on any atom is -0.508 e. The largest absolute Gasteiger partial charge is 0.508 e. The minimum atomic E-state index is -1.78. The fraction of sp³-hybridized carbons (Fsp3) is 0.618. The van der Waals surface area contributed by atoms with Crippen LogP contribution in [0.3, 0.4) is 0 Å². The van der Waals surface area contributed by atoms with E-state index >= 15 is 0 Å². The number of carbonyl (C=O) groups excluding carboxylic acids is 5. The third kappa shape index (κ3) is 21.7. The standard InChI is InChI=1S/C34H60N12O10/c35-17-25(46-32(54)27(49)18-43-28(50)15-23(37)20-7-9-21(47)10-8-20)31(53)45-24(33(55)56)6-3-5-22(36)26(48)16-29(51)44-19-30(52)41-14-4-12-40-11-1-2-13-42-34(38)39/h7-10,22-27,40,47-49H,1-6,11-19,35-37H2,(H,41,52)(H,43,50)(H,44,51)(H,45,53)(H,46,54)(H,55,56)(H4,38,39,42). The van der Waals surface area contributed by atoms with Crippen molar-refractivity contribution in [1.82, 2.24) is 31.9 Å². The van der Waals surface area contributed by atoms with E-state index in [0.29, 0.717) is 31.6 Å². The smallest absolute Gasteiger partial charge is 0.326 e. The Morgan fingerprint density at radius 2 is 1.38 bits per heavy atom. The number of nitrogens with one attached hydrogen (secondary N) is 6. The molecule has 316 valence electrons. The summed E-state index contributed by atoms with van der Waals surface area (Å²) in [4.78, 5) is 77.5. The topological polar surface area (TPSA) is 398 Å². The van der Waals surface area contributed by atoms with Gasteiger partial charge in [-0.25, -0.2) is 4.79 Å². The van der Waals surface area contributed by atoms with Crippen molar-refractivity contribution in [2.75, 3.05) is 45.8 Å². The number of aliphatic hydroxyl groups excluding tert-OH is 2. The van der Waals surface area contributed by atoms with Crippen LogP contribution in [-0.4, -0.2) is 138 Å². The molecule has 6 atom stereocenters. The molecule has 22 heteroatoms. The van der Waals surface area contributed by atoms with Crippen LogP contribution in [0.5, 0.6) is 5.75 Å². The number of unbranched alkanes of at least 4 members (excludes halogenated alkanes) is 1. The molecule has 56 heavy (non-hydrogen) atoms. The highest BCUT2D eigenvalue weighted by Crippen LogP contribution is 2.17. The fourth-order valence-corrected chi connectivity index (χ4v) is 4.98. The first-order chi connectivity index (χ1) is 26.5. The van der Waals surface area contributed by atoms with E-state index in [9.17, 15) is 49.2 Å².